The normalized spacial score (nSPS) is 10.7. The lowest BCUT2D eigenvalue weighted by Gasteiger charge is -2.10. The summed E-state index contributed by atoms with van der Waals surface area (Å²) in [5, 5.41) is 6.89. The molecule has 0 aliphatic carbocycles. The maximum atomic E-state index is 12.6. The fourth-order valence-electron chi connectivity index (χ4n) is 2.58. The van der Waals surface area contributed by atoms with E-state index in [0.29, 0.717) is 28.7 Å². The molecule has 0 radical (unpaired) electrons. The van der Waals surface area contributed by atoms with Gasteiger partial charge in [0.25, 0.3) is 5.91 Å². The fourth-order valence-corrected chi connectivity index (χ4v) is 2.58. The molecule has 0 atom stereocenters. The lowest BCUT2D eigenvalue weighted by molar-refractivity contribution is -0.0498. The van der Waals surface area contributed by atoms with Crippen LogP contribution in [0.5, 0.6) is 17.2 Å². The number of alkyl halides is 2. The van der Waals surface area contributed by atoms with Crippen LogP contribution in [0.15, 0.2) is 42.5 Å². The zero-order valence-electron chi connectivity index (χ0n) is 15.8. The Morgan fingerprint density at radius 2 is 1.76 bits per heavy atom. The van der Waals surface area contributed by atoms with E-state index in [9.17, 15) is 13.6 Å². The Kier molecular flexibility index (Phi) is 5.91. The SMILES string of the molecule is COc1ccc(NC(=O)c2nc(C)n(-c3ccc(OC(F)F)cc3)n2)c(OC)c1. The van der Waals surface area contributed by atoms with Crippen molar-refractivity contribution in [1.82, 2.24) is 14.8 Å². The van der Waals surface area contributed by atoms with Crippen LogP contribution in [0.1, 0.15) is 16.4 Å². The molecule has 3 aromatic rings. The summed E-state index contributed by atoms with van der Waals surface area (Å²) in [4.78, 5) is 16.7. The fraction of sp³-hybridized carbons (Fsp3) is 0.211. The Hall–Kier alpha value is -3.69. The summed E-state index contributed by atoms with van der Waals surface area (Å²) in [5.41, 5.74) is 0.971. The number of carbonyl (C=O) groups excluding carboxylic acids is 1. The molecule has 3 rings (SSSR count). The maximum absolute atomic E-state index is 12.6. The molecule has 0 aliphatic rings. The molecule has 0 fully saturated rings. The molecule has 0 unspecified atom stereocenters. The van der Waals surface area contributed by atoms with Gasteiger partial charge < -0.3 is 19.5 Å². The van der Waals surface area contributed by atoms with E-state index in [1.54, 1.807) is 25.1 Å². The van der Waals surface area contributed by atoms with Crippen LogP contribution in [0.3, 0.4) is 0 Å². The topological polar surface area (TPSA) is 87.5 Å². The molecule has 0 spiro atoms. The van der Waals surface area contributed by atoms with Gasteiger partial charge in [-0.05, 0) is 43.3 Å². The molecule has 10 heteroatoms. The Labute approximate surface area is 165 Å². The third-order valence-electron chi connectivity index (χ3n) is 3.94. The summed E-state index contributed by atoms with van der Waals surface area (Å²) in [5.74, 6) is 0.868. The number of benzene rings is 2. The van der Waals surface area contributed by atoms with Crippen molar-refractivity contribution < 1.29 is 27.8 Å². The van der Waals surface area contributed by atoms with Crippen LogP contribution in [-0.4, -0.2) is 41.5 Å². The molecule has 0 saturated heterocycles. The third kappa shape index (κ3) is 4.60. The van der Waals surface area contributed by atoms with Crippen molar-refractivity contribution in [3.05, 3.63) is 54.1 Å². The minimum atomic E-state index is -2.90. The number of nitrogens with zero attached hydrogens (tertiary/aromatic N) is 3. The number of hydrogen-bond donors (Lipinski definition) is 1. The number of anilines is 1. The van der Waals surface area contributed by atoms with Gasteiger partial charge in [0.2, 0.25) is 5.82 Å². The van der Waals surface area contributed by atoms with E-state index in [4.69, 9.17) is 9.47 Å². The zero-order chi connectivity index (χ0) is 21.0. The number of hydrogen-bond acceptors (Lipinski definition) is 6. The maximum Gasteiger partial charge on any atom is 0.387 e. The van der Waals surface area contributed by atoms with Gasteiger partial charge in [-0.1, -0.05) is 0 Å². The molecule has 1 aromatic heterocycles. The van der Waals surface area contributed by atoms with Crippen LogP contribution in [0, 0.1) is 6.92 Å². The van der Waals surface area contributed by atoms with E-state index < -0.39 is 12.5 Å². The summed E-state index contributed by atoms with van der Waals surface area (Å²) in [7, 11) is 3.00. The minimum absolute atomic E-state index is 0.0195. The summed E-state index contributed by atoms with van der Waals surface area (Å²) in [6, 6.07) is 10.8. The van der Waals surface area contributed by atoms with Crippen LogP contribution >= 0.6 is 0 Å². The number of carbonyl (C=O) groups is 1. The van der Waals surface area contributed by atoms with Gasteiger partial charge in [-0.3, -0.25) is 4.79 Å². The highest BCUT2D eigenvalue weighted by molar-refractivity contribution is 6.02. The smallest absolute Gasteiger partial charge is 0.387 e. The van der Waals surface area contributed by atoms with E-state index in [0.717, 1.165) is 0 Å². The quantitative estimate of drug-likeness (QED) is 0.649. The van der Waals surface area contributed by atoms with Crippen LogP contribution in [-0.2, 0) is 0 Å². The summed E-state index contributed by atoms with van der Waals surface area (Å²) in [6.07, 6.45) is 0. The van der Waals surface area contributed by atoms with E-state index in [-0.39, 0.29) is 11.6 Å². The van der Waals surface area contributed by atoms with E-state index in [1.165, 1.54) is 43.2 Å². The molecule has 1 amide bonds. The molecule has 1 N–H and O–H groups in total. The van der Waals surface area contributed by atoms with Gasteiger partial charge >= 0.3 is 6.61 Å². The predicted molar refractivity (Wildman–Crippen MR) is 100 cm³/mol. The van der Waals surface area contributed by atoms with Crippen LogP contribution in [0.2, 0.25) is 0 Å². The van der Waals surface area contributed by atoms with Crippen molar-refractivity contribution in [2.75, 3.05) is 19.5 Å². The van der Waals surface area contributed by atoms with Gasteiger partial charge in [0, 0.05) is 6.07 Å². The first kappa shape index (κ1) is 20.1. The Bertz CT molecular complexity index is 1010. The number of ether oxygens (including phenoxy) is 3. The van der Waals surface area contributed by atoms with E-state index in [1.807, 2.05) is 0 Å². The number of amides is 1. The van der Waals surface area contributed by atoms with Crippen LogP contribution in [0.25, 0.3) is 5.69 Å². The number of aromatic nitrogens is 3. The van der Waals surface area contributed by atoms with E-state index >= 15 is 0 Å². The molecule has 1 heterocycles. The van der Waals surface area contributed by atoms with Crippen molar-refractivity contribution >= 4 is 11.6 Å². The van der Waals surface area contributed by atoms with Crippen LogP contribution in [0.4, 0.5) is 14.5 Å². The third-order valence-corrected chi connectivity index (χ3v) is 3.94. The number of nitrogens with one attached hydrogen (secondary N) is 1. The number of rotatable bonds is 7. The molecule has 0 bridgehead atoms. The molecule has 0 aliphatic heterocycles. The number of halogens is 2. The highest BCUT2D eigenvalue weighted by atomic mass is 19.3. The summed E-state index contributed by atoms with van der Waals surface area (Å²) in [6.45, 7) is -1.24. The predicted octanol–water partition coefficient (Wildman–Crippen LogP) is 3.45. The van der Waals surface area contributed by atoms with Gasteiger partial charge in [0.05, 0.1) is 25.6 Å². The highest BCUT2D eigenvalue weighted by Crippen LogP contribution is 2.29. The average Bonchev–Trinajstić information content (AvgIpc) is 3.10. The number of aryl methyl sites for hydroxylation is 1. The molecular weight excluding hydrogens is 386 g/mol. The van der Waals surface area contributed by atoms with Gasteiger partial charge in [-0.2, -0.15) is 8.78 Å². The van der Waals surface area contributed by atoms with E-state index in [2.05, 4.69) is 20.1 Å². The number of methoxy groups -OCH3 is 2. The second-order valence-electron chi connectivity index (χ2n) is 5.79. The van der Waals surface area contributed by atoms with Crippen molar-refractivity contribution in [2.45, 2.75) is 13.5 Å². The van der Waals surface area contributed by atoms with Crippen molar-refractivity contribution in [3.8, 4) is 22.9 Å². The lowest BCUT2D eigenvalue weighted by atomic mass is 10.2. The van der Waals surface area contributed by atoms with Gasteiger partial charge in [-0.25, -0.2) is 9.67 Å². The van der Waals surface area contributed by atoms with Gasteiger partial charge in [0.1, 0.15) is 23.1 Å². The standard InChI is InChI=1S/C19H18F2N4O4/c1-11-22-17(18(26)23-15-9-8-14(27-2)10-16(15)28-3)24-25(11)12-4-6-13(7-5-12)29-19(20)21/h4-10,19H,1-3H3,(H,23,26). The zero-order valence-corrected chi connectivity index (χ0v) is 15.8. The van der Waals surface area contributed by atoms with Crippen LogP contribution < -0.4 is 19.5 Å². The Morgan fingerprint density at radius 1 is 1.07 bits per heavy atom. The first-order chi connectivity index (χ1) is 13.9. The molecular formula is C19H18F2N4O4. The monoisotopic (exact) mass is 404 g/mol. The molecule has 29 heavy (non-hydrogen) atoms. The first-order valence-corrected chi connectivity index (χ1v) is 8.43. The van der Waals surface area contributed by atoms with Gasteiger partial charge in [0.15, 0.2) is 0 Å². The minimum Gasteiger partial charge on any atom is -0.497 e. The summed E-state index contributed by atoms with van der Waals surface area (Å²) < 4.78 is 40.7. The molecule has 0 saturated carbocycles. The van der Waals surface area contributed by atoms with Crippen molar-refractivity contribution in [2.24, 2.45) is 0 Å². The average molecular weight is 404 g/mol. The second-order valence-corrected chi connectivity index (χ2v) is 5.79. The molecule has 152 valence electrons. The Balaban J connectivity index is 1.80. The summed E-state index contributed by atoms with van der Waals surface area (Å²) >= 11 is 0. The highest BCUT2D eigenvalue weighted by Gasteiger charge is 2.17. The molecule has 8 nitrogen and oxygen atoms in total. The largest absolute Gasteiger partial charge is 0.497 e. The van der Waals surface area contributed by atoms with Crippen molar-refractivity contribution in [3.63, 3.8) is 0 Å². The first-order valence-electron chi connectivity index (χ1n) is 8.43. The molecule has 2 aromatic carbocycles. The van der Waals surface area contributed by atoms with Gasteiger partial charge in [-0.15, -0.1) is 5.10 Å². The lowest BCUT2D eigenvalue weighted by Crippen LogP contribution is -2.15. The second kappa shape index (κ2) is 8.55. The van der Waals surface area contributed by atoms with Crippen molar-refractivity contribution in [1.29, 1.82) is 0 Å². The Morgan fingerprint density at radius 3 is 2.38 bits per heavy atom.